The lowest BCUT2D eigenvalue weighted by Crippen LogP contribution is -2.15. The number of esters is 3. The fourth-order valence-electron chi connectivity index (χ4n) is 2.60. The number of ether oxygens (including phenoxy) is 3. The Labute approximate surface area is 179 Å². The number of carboxylic acid groups (broad SMARTS) is 1. The van der Waals surface area contributed by atoms with Gasteiger partial charge in [-0.1, -0.05) is 12.6 Å². The van der Waals surface area contributed by atoms with Gasteiger partial charge in [0, 0.05) is 6.08 Å². The van der Waals surface area contributed by atoms with Crippen molar-refractivity contribution in [3.05, 3.63) is 77.4 Å². The monoisotopic (exact) mass is 426 g/mol. The largest absolute Gasteiger partial charge is 0.494 e. The third kappa shape index (κ3) is 6.81. The highest BCUT2D eigenvalue weighted by Crippen LogP contribution is 2.17. The Hall–Kier alpha value is -3.94. The van der Waals surface area contributed by atoms with Crippen LogP contribution >= 0.6 is 0 Å². The molecule has 0 spiro atoms. The highest BCUT2D eigenvalue weighted by atomic mass is 16.6. The number of unbranched alkanes of at least 4 members (excludes halogenated alkanes) is 1. The quantitative estimate of drug-likeness (QED) is 0.265. The van der Waals surface area contributed by atoms with E-state index in [2.05, 4.69) is 6.58 Å². The molecule has 0 bridgehead atoms. The molecule has 0 atom stereocenters. The van der Waals surface area contributed by atoms with Crippen LogP contribution in [0, 0.1) is 6.92 Å². The van der Waals surface area contributed by atoms with Gasteiger partial charge in [0.25, 0.3) is 0 Å². The van der Waals surface area contributed by atoms with Crippen molar-refractivity contribution in [1.29, 1.82) is 0 Å². The Kier molecular flexibility index (Phi) is 8.51. The van der Waals surface area contributed by atoms with Crippen molar-refractivity contribution in [2.75, 3.05) is 13.2 Å². The van der Waals surface area contributed by atoms with Crippen molar-refractivity contribution < 1.29 is 38.5 Å². The lowest BCUT2D eigenvalue weighted by Gasteiger charge is -2.09. The van der Waals surface area contributed by atoms with E-state index in [1.54, 1.807) is 12.1 Å². The van der Waals surface area contributed by atoms with Crippen LogP contribution in [0.1, 0.15) is 49.5 Å². The molecule has 0 unspecified atom stereocenters. The van der Waals surface area contributed by atoms with E-state index in [1.807, 2.05) is 0 Å². The van der Waals surface area contributed by atoms with Crippen molar-refractivity contribution in [2.24, 2.45) is 0 Å². The summed E-state index contributed by atoms with van der Waals surface area (Å²) in [5.74, 6) is -2.90. The van der Waals surface area contributed by atoms with Crippen LogP contribution in [-0.4, -0.2) is 42.2 Å². The molecule has 0 radical (unpaired) electrons. The Bertz CT molecular complexity index is 976. The predicted octanol–water partition coefficient (Wildman–Crippen LogP) is 3.58. The lowest BCUT2D eigenvalue weighted by molar-refractivity contribution is -0.137. The topological polar surface area (TPSA) is 116 Å². The van der Waals surface area contributed by atoms with Crippen LogP contribution in [0.3, 0.4) is 0 Å². The molecule has 0 fully saturated rings. The maximum atomic E-state index is 12.3. The molecule has 0 heterocycles. The van der Waals surface area contributed by atoms with Crippen LogP contribution in [0.25, 0.3) is 0 Å². The molecular weight excluding hydrogens is 404 g/mol. The van der Waals surface area contributed by atoms with E-state index in [0.717, 1.165) is 6.08 Å². The van der Waals surface area contributed by atoms with Crippen molar-refractivity contribution in [3.63, 3.8) is 0 Å². The predicted molar refractivity (Wildman–Crippen MR) is 110 cm³/mol. The molecule has 0 aromatic heterocycles. The van der Waals surface area contributed by atoms with Crippen LogP contribution in [0.2, 0.25) is 0 Å². The third-order valence-electron chi connectivity index (χ3n) is 4.28. The number of benzene rings is 2. The van der Waals surface area contributed by atoms with Gasteiger partial charge in [0.2, 0.25) is 0 Å². The highest BCUT2D eigenvalue weighted by Gasteiger charge is 2.20. The van der Waals surface area contributed by atoms with Gasteiger partial charge in [0.1, 0.15) is 5.75 Å². The molecule has 2 rings (SSSR count). The summed E-state index contributed by atoms with van der Waals surface area (Å²) in [6.45, 7) is 5.46. The second-order valence-corrected chi connectivity index (χ2v) is 6.41. The Morgan fingerprint density at radius 3 is 2.23 bits per heavy atom. The van der Waals surface area contributed by atoms with Crippen LogP contribution in [0.5, 0.6) is 5.75 Å². The number of carbonyl (C=O) groups excluding carboxylic acids is 3. The van der Waals surface area contributed by atoms with Gasteiger partial charge in [-0.15, -0.1) is 0 Å². The Morgan fingerprint density at radius 2 is 1.58 bits per heavy atom. The first-order chi connectivity index (χ1) is 14.8. The van der Waals surface area contributed by atoms with Crippen molar-refractivity contribution >= 4 is 23.9 Å². The molecule has 31 heavy (non-hydrogen) atoms. The standard InChI is InChI=1S/C23H22O8/c1-3-20(24)30-14-5-4-13-29-17-11-9-16(10-12-17)22(27)31-23(28)19-8-6-7-18(15(19)2)21(25)26/h3,6-12H,1,4-5,13-14H2,2H3,(H,25,26). The van der Waals surface area contributed by atoms with Crippen LogP contribution in [0.4, 0.5) is 0 Å². The smallest absolute Gasteiger partial charge is 0.346 e. The number of hydrogen-bond donors (Lipinski definition) is 1. The zero-order chi connectivity index (χ0) is 22.8. The summed E-state index contributed by atoms with van der Waals surface area (Å²) >= 11 is 0. The average molecular weight is 426 g/mol. The van der Waals surface area contributed by atoms with Gasteiger partial charge in [-0.05, 0) is 61.7 Å². The van der Waals surface area contributed by atoms with Gasteiger partial charge in [0.05, 0.1) is 29.9 Å². The third-order valence-corrected chi connectivity index (χ3v) is 4.28. The average Bonchev–Trinajstić information content (AvgIpc) is 2.76. The van der Waals surface area contributed by atoms with Gasteiger partial charge >= 0.3 is 23.9 Å². The summed E-state index contributed by atoms with van der Waals surface area (Å²) in [6.07, 6.45) is 2.40. The zero-order valence-electron chi connectivity index (χ0n) is 17.0. The van der Waals surface area contributed by atoms with Crippen molar-refractivity contribution in [2.45, 2.75) is 19.8 Å². The molecular formula is C23H22O8. The van der Waals surface area contributed by atoms with E-state index in [1.165, 1.54) is 37.3 Å². The first-order valence-corrected chi connectivity index (χ1v) is 9.45. The Morgan fingerprint density at radius 1 is 0.935 bits per heavy atom. The molecule has 8 heteroatoms. The minimum Gasteiger partial charge on any atom is -0.494 e. The fraction of sp³-hybridized carbons (Fsp3) is 0.217. The molecule has 0 saturated heterocycles. The van der Waals surface area contributed by atoms with Crippen LogP contribution < -0.4 is 4.74 Å². The maximum absolute atomic E-state index is 12.3. The van der Waals surface area contributed by atoms with Gasteiger partial charge in [-0.25, -0.2) is 19.2 Å². The summed E-state index contributed by atoms with van der Waals surface area (Å²) < 4.78 is 15.3. The SMILES string of the molecule is C=CC(=O)OCCCCOc1ccc(C(=O)OC(=O)c2cccc(C(=O)O)c2C)cc1. The molecule has 0 amide bonds. The van der Waals surface area contributed by atoms with Gasteiger partial charge in [0.15, 0.2) is 0 Å². The van der Waals surface area contributed by atoms with E-state index in [4.69, 9.17) is 19.3 Å². The van der Waals surface area contributed by atoms with Crippen molar-refractivity contribution in [1.82, 2.24) is 0 Å². The van der Waals surface area contributed by atoms with E-state index >= 15 is 0 Å². The number of carboxylic acids is 1. The number of aromatic carboxylic acids is 1. The van der Waals surface area contributed by atoms with Crippen LogP contribution in [-0.2, 0) is 14.3 Å². The Balaban J connectivity index is 1.86. The summed E-state index contributed by atoms with van der Waals surface area (Å²) in [6, 6.07) is 10.2. The van der Waals surface area contributed by atoms with Gasteiger partial charge in [-0.3, -0.25) is 0 Å². The highest BCUT2D eigenvalue weighted by molar-refractivity contribution is 6.04. The molecule has 0 aliphatic rings. The van der Waals surface area contributed by atoms with Crippen molar-refractivity contribution in [3.8, 4) is 5.75 Å². The van der Waals surface area contributed by atoms with Gasteiger partial charge < -0.3 is 19.3 Å². The number of rotatable bonds is 10. The molecule has 1 N–H and O–H groups in total. The van der Waals surface area contributed by atoms with E-state index < -0.39 is 23.9 Å². The molecule has 0 aliphatic carbocycles. The first-order valence-electron chi connectivity index (χ1n) is 9.45. The second kappa shape index (κ2) is 11.3. The van der Waals surface area contributed by atoms with Crippen LogP contribution in [0.15, 0.2) is 55.1 Å². The summed E-state index contributed by atoms with van der Waals surface area (Å²) in [5, 5.41) is 9.14. The maximum Gasteiger partial charge on any atom is 0.346 e. The van der Waals surface area contributed by atoms with E-state index in [9.17, 15) is 19.2 Å². The fourth-order valence-corrected chi connectivity index (χ4v) is 2.60. The summed E-state index contributed by atoms with van der Waals surface area (Å²) in [4.78, 5) is 46.6. The van der Waals surface area contributed by atoms with E-state index in [0.29, 0.717) is 25.2 Å². The minimum absolute atomic E-state index is 0.00646. The van der Waals surface area contributed by atoms with Gasteiger partial charge in [-0.2, -0.15) is 0 Å². The number of carbonyl (C=O) groups is 4. The zero-order valence-corrected chi connectivity index (χ0v) is 17.0. The molecule has 162 valence electrons. The van der Waals surface area contributed by atoms with E-state index in [-0.39, 0.29) is 28.9 Å². The lowest BCUT2D eigenvalue weighted by atomic mass is 10.0. The number of hydrogen-bond acceptors (Lipinski definition) is 7. The molecule has 2 aromatic rings. The molecule has 2 aromatic carbocycles. The minimum atomic E-state index is -1.17. The summed E-state index contributed by atoms with van der Waals surface area (Å²) in [5.41, 5.74) is 0.328. The normalized spacial score (nSPS) is 10.1. The second-order valence-electron chi connectivity index (χ2n) is 6.41. The summed E-state index contributed by atoms with van der Waals surface area (Å²) in [7, 11) is 0. The first kappa shape index (κ1) is 23.3. The molecule has 0 saturated carbocycles. The molecule has 8 nitrogen and oxygen atoms in total. The molecule has 0 aliphatic heterocycles.